The summed E-state index contributed by atoms with van der Waals surface area (Å²) >= 11 is 1.15. The van der Waals surface area contributed by atoms with Crippen LogP contribution in [0.4, 0.5) is 5.69 Å². The van der Waals surface area contributed by atoms with Gasteiger partial charge in [0.2, 0.25) is 0 Å². The predicted octanol–water partition coefficient (Wildman–Crippen LogP) is 4.29. The molecular weight excluding hydrogens is 562 g/mol. The molecule has 0 saturated heterocycles. The van der Waals surface area contributed by atoms with Crippen molar-refractivity contribution in [2.24, 2.45) is 4.99 Å². The summed E-state index contributed by atoms with van der Waals surface area (Å²) in [6, 6.07) is 12.6. The first-order valence-corrected chi connectivity index (χ1v) is 13.7. The fourth-order valence-corrected chi connectivity index (χ4v) is 5.83. The minimum atomic E-state index is -0.831. The maximum absolute atomic E-state index is 13.9. The number of benzene rings is 2. The van der Waals surface area contributed by atoms with Gasteiger partial charge in [-0.2, -0.15) is 0 Å². The van der Waals surface area contributed by atoms with Gasteiger partial charge in [-0.3, -0.25) is 19.5 Å². The lowest BCUT2D eigenvalue weighted by molar-refractivity contribution is -0.385. The van der Waals surface area contributed by atoms with Crippen LogP contribution in [0.1, 0.15) is 36.8 Å². The lowest BCUT2D eigenvalue weighted by Gasteiger charge is -2.25. The standard InChI is InChI=1S/C30H27N3O8S/c1-6-40-29(35)26-17(3)31-30-32(27(26)19-9-11-23(38-4)24(14-19)39-5)28(34)25(42-30)15-20-10-12-22(41-20)18-8-7-16(2)21(13-18)33(36)37/h7-15,27H,6H2,1-5H3/b25-15+/t27-/m0/s1. The van der Waals surface area contributed by atoms with E-state index in [9.17, 15) is 19.7 Å². The number of methoxy groups -OCH3 is 2. The zero-order valence-electron chi connectivity index (χ0n) is 23.5. The molecule has 5 rings (SSSR count). The van der Waals surface area contributed by atoms with Crippen molar-refractivity contribution >= 4 is 29.1 Å². The molecule has 4 aromatic rings. The molecule has 1 atom stereocenters. The number of ether oxygens (including phenoxy) is 3. The Morgan fingerprint density at radius 3 is 2.57 bits per heavy atom. The second kappa shape index (κ2) is 11.5. The molecule has 42 heavy (non-hydrogen) atoms. The number of nitrogens with zero attached hydrogens (tertiary/aromatic N) is 3. The first-order chi connectivity index (χ1) is 20.2. The monoisotopic (exact) mass is 589 g/mol. The number of rotatable bonds is 8. The summed E-state index contributed by atoms with van der Waals surface area (Å²) in [4.78, 5) is 43.0. The third-order valence-corrected chi connectivity index (χ3v) is 7.81. The zero-order valence-corrected chi connectivity index (χ0v) is 24.3. The van der Waals surface area contributed by atoms with Crippen molar-refractivity contribution in [3.8, 4) is 22.8 Å². The maximum atomic E-state index is 13.9. The minimum absolute atomic E-state index is 0.0123. The average molecular weight is 590 g/mol. The van der Waals surface area contributed by atoms with E-state index in [1.807, 2.05) is 0 Å². The van der Waals surface area contributed by atoms with Gasteiger partial charge in [0.15, 0.2) is 16.3 Å². The molecule has 3 heterocycles. The van der Waals surface area contributed by atoms with E-state index in [2.05, 4.69) is 4.99 Å². The van der Waals surface area contributed by atoms with Crippen LogP contribution in [-0.2, 0) is 9.53 Å². The Labute approximate surface area is 243 Å². The molecular formula is C30H27N3O8S. The fraction of sp³-hybridized carbons (Fsp3) is 0.233. The summed E-state index contributed by atoms with van der Waals surface area (Å²) in [5.41, 5.74) is 1.97. The van der Waals surface area contributed by atoms with Crippen molar-refractivity contribution in [2.45, 2.75) is 26.8 Å². The Hall–Kier alpha value is -4.97. The number of carbonyl (C=O) groups excluding carboxylic acids is 1. The molecule has 0 saturated carbocycles. The lowest BCUT2D eigenvalue weighted by atomic mass is 9.95. The summed E-state index contributed by atoms with van der Waals surface area (Å²) in [6.45, 7) is 5.24. The lowest BCUT2D eigenvalue weighted by Crippen LogP contribution is -2.39. The van der Waals surface area contributed by atoms with E-state index in [1.165, 1.54) is 24.9 Å². The van der Waals surface area contributed by atoms with Crippen LogP contribution in [0.25, 0.3) is 17.4 Å². The minimum Gasteiger partial charge on any atom is -0.493 e. The van der Waals surface area contributed by atoms with Crippen LogP contribution in [0, 0.1) is 17.0 Å². The number of thiazole rings is 1. The van der Waals surface area contributed by atoms with Gasteiger partial charge in [0.25, 0.3) is 11.2 Å². The Kier molecular flexibility index (Phi) is 7.81. The van der Waals surface area contributed by atoms with Crippen molar-refractivity contribution in [2.75, 3.05) is 20.8 Å². The van der Waals surface area contributed by atoms with Crippen molar-refractivity contribution < 1.29 is 28.3 Å². The van der Waals surface area contributed by atoms with Crippen molar-refractivity contribution in [3.05, 3.63) is 106 Å². The molecule has 11 nitrogen and oxygen atoms in total. The van der Waals surface area contributed by atoms with E-state index in [0.29, 0.717) is 54.7 Å². The van der Waals surface area contributed by atoms with Gasteiger partial charge in [-0.15, -0.1) is 0 Å². The molecule has 0 unspecified atom stereocenters. The fourth-order valence-electron chi connectivity index (χ4n) is 4.80. The number of furan rings is 1. The summed E-state index contributed by atoms with van der Waals surface area (Å²) in [6.07, 6.45) is 1.59. The smallest absolute Gasteiger partial charge is 0.338 e. The number of hydrogen-bond donors (Lipinski definition) is 0. The van der Waals surface area contributed by atoms with E-state index < -0.39 is 16.9 Å². The predicted molar refractivity (Wildman–Crippen MR) is 155 cm³/mol. The maximum Gasteiger partial charge on any atom is 0.338 e. The number of nitro groups is 1. The third-order valence-electron chi connectivity index (χ3n) is 6.83. The van der Waals surface area contributed by atoms with Crippen molar-refractivity contribution in [1.29, 1.82) is 0 Å². The van der Waals surface area contributed by atoms with Gasteiger partial charge >= 0.3 is 5.97 Å². The molecule has 0 spiro atoms. The van der Waals surface area contributed by atoms with E-state index in [0.717, 1.165) is 11.3 Å². The summed E-state index contributed by atoms with van der Waals surface area (Å²) < 4.78 is 23.9. The molecule has 1 aliphatic heterocycles. The molecule has 1 aliphatic rings. The molecule has 2 aromatic heterocycles. The molecule has 0 amide bonds. The van der Waals surface area contributed by atoms with Crippen LogP contribution in [-0.4, -0.2) is 36.3 Å². The van der Waals surface area contributed by atoms with Gasteiger partial charge in [0, 0.05) is 23.3 Å². The van der Waals surface area contributed by atoms with Crippen LogP contribution in [0.15, 0.2) is 74.0 Å². The number of aromatic nitrogens is 1. The van der Waals surface area contributed by atoms with Crippen molar-refractivity contribution in [3.63, 3.8) is 0 Å². The molecule has 0 fully saturated rings. The highest BCUT2D eigenvalue weighted by atomic mass is 32.1. The van der Waals surface area contributed by atoms with Crippen LogP contribution < -0.4 is 24.4 Å². The number of carbonyl (C=O) groups is 1. The molecule has 0 radical (unpaired) electrons. The van der Waals surface area contributed by atoms with Gasteiger partial charge in [0.05, 0.1) is 47.6 Å². The normalized spacial score (nSPS) is 14.8. The molecule has 0 bridgehead atoms. The first kappa shape index (κ1) is 28.6. The van der Waals surface area contributed by atoms with Gasteiger partial charge in [-0.1, -0.05) is 29.5 Å². The highest BCUT2D eigenvalue weighted by molar-refractivity contribution is 7.07. The number of hydrogen-bond acceptors (Lipinski definition) is 10. The van der Waals surface area contributed by atoms with E-state index in [4.69, 9.17) is 18.6 Å². The highest BCUT2D eigenvalue weighted by Crippen LogP contribution is 2.36. The molecule has 12 heteroatoms. The van der Waals surface area contributed by atoms with Gasteiger partial charge in [-0.25, -0.2) is 9.79 Å². The van der Waals surface area contributed by atoms with Crippen LogP contribution >= 0.6 is 11.3 Å². The van der Waals surface area contributed by atoms with Gasteiger partial charge in [0.1, 0.15) is 11.5 Å². The second-order valence-electron chi connectivity index (χ2n) is 9.38. The Morgan fingerprint density at radius 2 is 1.88 bits per heavy atom. The Morgan fingerprint density at radius 1 is 1.12 bits per heavy atom. The van der Waals surface area contributed by atoms with Gasteiger partial charge in [-0.05, 0) is 50.6 Å². The Balaban J connectivity index is 1.63. The molecule has 216 valence electrons. The first-order valence-electron chi connectivity index (χ1n) is 12.9. The SMILES string of the molecule is CCOC(=O)C1=C(C)N=c2s/c(=C/c3ccc(-c4ccc(C)c([N+](=O)[O-])c4)o3)c(=O)n2[C@H]1c1ccc(OC)c(OC)c1. The number of aryl methyl sites for hydroxylation is 1. The van der Waals surface area contributed by atoms with Crippen LogP contribution in [0.2, 0.25) is 0 Å². The summed E-state index contributed by atoms with van der Waals surface area (Å²) in [5, 5.41) is 11.4. The molecule has 0 N–H and O–H groups in total. The van der Waals surface area contributed by atoms with E-state index >= 15 is 0 Å². The average Bonchev–Trinajstić information content (AvgIpc) is 3.56. The topological polar surface area (TPSA) is 135 Å². The Bertz CT molecular complexity index is 1930. The van der Waals surface area contributed by atoms with Gasteiger partial charge < -0.3 is 18.6 Å². The largest absolute Gasteiger partial charge is 0.493 e. The molecule has 0 aliphatic carbocycles. The van der Waals surface area contributed by atoms with E-state index in [-0.39, 0.29) is 23.4 Å². The second-order valence-corrected chi connectivity index (χ2v) is 10.4. The number of allylic oxidation sites excluding steroid dienone is 1. The van der Waals surface area contributed by atoms with Crippen LogP contribution in [0.5, 0.6) is 11.5 Å². The third kappa shape index (κ3) is 5.12. The number of esters is 1. The highest BCUT2D eigenvalue weighted by Gasteiger charge is 2.34. The number of fused-ring (bicyclic) bond motifs is 1. The van der Waals surface area contributed by atoms with Crippen LogP contribution in [0.3, 0.4) is 0 Å². The summed E-state index contributed by atoms with van der Waals surface area (Å²) in [7, 11) is 3.03. The quantitative estimate of drug-likeness (QED) is 0.169. The molecule has 2 aromatic carbocycles. The van der Waals surface area contributed by atoms with E-state index in [1.54, 1.807) is 69.3 Å². The summed E-state index contributed by atoms with van der Waals surface area (Å²) in [5.74, 6) is 1.16. The van der Waals surface area contributed by atoms with Crippen molar-refractivity contribution in [1.82, 2.24) is 4.57 Å². The number of nitro benzene ring substituents is 1. The zero-order chi connectivity index (χ0) is 30.1.